The van der Waals surface area contributed by atoms with Crippen LogP contribution in [-0.4, -0.2) is 18.0 Å². The summed E-state index contributed by atoms with van der Waals surface area (Å²) in [6, 6.07) is 5.66. The van der Waals surface area contributed by atoms with E-state index in [1.54, 1.807) is 6.07 Å². The molecule has 0 aliphatic carbocycles. The maximum atomic E-state index is 13.7. The number of halogens is 2. The topological polar surface area (TPSA) is 55.4 Å². The van der Waals surface area contributed by atoms with E-state index in [0.29, 0.717) is 4.88 Å². The molecular weight excluding hydrogens is 353 g/mol. The molecule has 1 heterocycles. The molecule has 0 saturated heterocycles. The summed E-state index contributed by atoms with van der Waals surface area (Å²) in [6.45, 7) is 5.36. The minimum Gasteiger partial charge on any atom is -0.448 e. The first kappa shape index (κ1) is 18.4. The van der Waals surface area contributed by atoms with Crippen LogP contribution in [0.25, 0.3) is 0 Å². The van der Waals surface area contributed by atoms with E-state index in [0.717, 1.165) is 22.9 Å². The second kappa shape index (κ2) is 7.77. The van der Waals surface area contributed by atoms with Crippen molar-refractivity contribution in [3.05, 3.63) is 50.4 Å². The summed E-state index contributed by atoms with van der Waals surface area (Å²) in [4.78, 5) is 25.7. The first-order valence-electron chi connectivity index (χ1n) is 7.38. The average molecular weight is 370 g/mol. The van der Waals surface area contributed by atoms with Gasteiger partial charge in [0.05, 0.1) is 5.69 Å². The standard InChI is InChI=1S/C17H17ClFNO3S/c1-4-11-7-15(24-10(11)3)17(22)23-9(2)16(21)20-14-6-5-12(18)8-13(14)19/h5-9H,4H2,1-3H3,(H,20,21)/t9-/m1/s1. The molecule has 128 valence electrons. The Kier molecular flexibility index (Phi) is 5.96. The molecule has 0 bridgehead atoms. The normalized spacial score (nSPS) is 11.9. The third-order valence-corrected chi connectivity index (χ3v) is 4.75. The molecule has 1 atom stereocenters. The molecule has 1 amide bonds. The molecule has 0 spiro atoms. The molecule has 1 aromatic carbocycles. The number of anilines is 1. The lowest BCUT2D eigenvalue weighted by atomic mass is 10.2. The van der Waals surface area contributed by atoms with Crippen LogP contribution in [0.5, 0.6) is 0 Å². The quantitative estimate of drug-likeness (QED) is 0.784. The number of ether oxygens (including phenoxy) is 1. The Morgan fingerprint density at radius 3 is 2.67 bits per heavy atom. The number of hydrogen-bond acceptors (Lipinski definition) is 4. The van der Waals surface area contributed by atoms with E-state index in [1.807, 2.05) is 13.8 Å². The molecule has 4 nitrogen and oxygen atoms in total. The Balaban J connectivity index is 2.01. The van der Waals surface area contributed by atoms with Gasteiger partial charge in [-0.15, -0.1) is 11.3 Å². The smallest absolute Gasteiger partial charge is 0.349 e. The Morgan fingerprint density at radius 1 is 1.38 bits per heavy atom. The van der Waals surface area contributed by atoms with Gasteiger partial charge in [-0.2, -0.15) is 0 Å². The Morgan fingerprint density at radius 2 is 2.08 bits per heavy atom. The highest BCUT2D eigenvalue weighted by atomic mass is 35.5. The highest BCUT2D eigenvalue weighted by Gasteiger charge is 2.21. The summed E-state index contributed by atoms with van der Waals surface area (Å²) >= 11 is 6.99. The van der Waals surface area contributed by atoms with Crippen LogP contribution in [0, 0.1) is 12.7 Å². The molecule has 24 heavy (non-hydrogen) atoms. The second-order valence-electron chi connectivity index (χ2n) is 5.21. The summed E-state index contributed by atoms with van der Waals surface area (Å²) in [6.07, 6.45) is -0.235. The number of carbonyl (C=O) groups is 2. The third-order valence-electron chi connectivity index (χ3n) is 3.44. The molecule has 0 fully saturated rings. The number of hydrogen-bond donors (Lipinski definition) is 1. The van der Waals surface area contributed by atoms with Crippen molar-refractivity contribution in [2.75, 3.05) is 5.32 Å². The van der Waals surface area contributed by atoms with Crippen LogP contribution < -0.4 is 5.32 Å². The maximum absolute atomic E-state index is 13.7. The van der Waals surface area contributed by atoms with Crippen LogP contribution in [0.15, 0.2) is 24.3 Å². The van der Waals surface area contributed by atoms with Gasteiger partial charge in [-0.05, 0) is 50.1 Å². The van der Waals surface area contributed by atoms with Crippen molar-refractivity contribution in [2.45, 2.75) is 33.3 Å². The summed E-state index contributed by atoms with van der Waals surface area (Å²) in [7, 11) is 0. The second-order valence-corrected chi connectivity index (χ2v) is 6.90. The molecule has 2 rings (SSSR count). The van der Waals surface area contributed by atoms with Crippen LogP contribution in [0.4, 0.5) is 10.1 Å². The van der Waals surface area contributed by atoms with Crippen molar-refractivity contribution >= 4 is 40.5 Å². The number of thiophene rings is 1. The van der Waals surface area contributed by atoms with Crippen molar-refractivity contribution in [1.29, 1.82) is 0 Å². The highest BCUT2D eigenvalue weighted by Crippen LogP contribution is 2.23. The molecule has 1 aromatic heterocycles. The van der Waals surface area contributed by atoms with E-state index in [2.05, 4.69) is 5.32 Å². The van der Waals surface area contributed by atoms with Crippen molar-refractivity contribution in [3.63, 3.8) is 0 Å². The van der Waals surface area contributed by atoms with Gasteiger partial charge in [0.25, 0.3) is 5.91 Å². The Labute approximate surface area is 148 Å². The van der Waals surface area contributed by atoms with Crippen molar-refractivity contribution in [1.82, 2.24) is 0 Å². The van der Waals surface area contributed by atoms with Gasteiger partial charge >= 0.3 is 5.97 Å². The van der Waals surface area contributed by atoms with Crippen LogP contribution in [-0.2, 0) is 16.0 Å². The first-order valence-corrected chi connectivity index (χ1v) is 8.57. The van der Waals surface area contributed by atoms with E-state index in [1.165, 1.54) is 30.4 Å². The molecule has 7 heteroatoms. The van der Waals surface area contributed by atoms with E-state index in [9.17, 15) is 14.0 Å². The minimum absolute atomic E-state index is 0.0208. The van der Waals surface area contributed by atoms with Crippen LogP contribution in [0.2, 0.25) is 5.02 Å². The monoisotopic (exact) mass is 369 g/mol. The zero-order chi connectivity index (χ0) is 17.9. The lowest BCUT2D eigenvalue weighted by Gasteiger charge is -2.13. The number of benzene rings is 1. The summed E-state index contributed by atoms with van der Waals surface area (Å²) < 4.78 is 18.8. The van der Waals surface area contributed by atoms with Crippen molar-refractivity contribution in [2.24, 2.45) is 0 Å². The van der Waals surface area contributed by atoms with E-state index in [-0.39, 0.29) is 10.7 Å². The number of carbonyl (C=O) groups excluding carboxylic acids is 2. The fraction of sp³-hybridized carbons (Fsp3) is 0.294. The zero-order valence-electron chi connectivity index (χ0n) is 13.5. The fourth-order valence-electron chi connectivity index (χ4n) is 2.07. The number of aryl methyl sites for hydroxylation is 2. The van der Waals surface area contributed by atoms with Gasteiger partial charge in [-0.1, -0.05) is 18.5 Å². The summed E-state index contributed by atoms with van der Waals surface area (Å²) in [5, 5.41) is 2.60. The van der Waals surface area contributed by atoms with Gasteiger partial charge in [0.15, 0.2) is 6.10 Å². The van der Waals surface area contributed by atoms with Gasteiger partial charge in [0.2, 0.25) is 0 Å². The van der Waals surface area contributed by atoms with Gasteiger partial charge < -0.3 is 10.1 Å². The summed E-state index contributed by atoms with van der Waals surface area (Å²) in [5.41, 5.74) is 1.06. The molecular formula is C17H17ClFNO3S. The molecule has 2 aromatic rings. The highest BCUT2D eigenvalue weighted by molar-refractivity contribution is 7.14. The zero-order valence-corrected chi connectivity index (χ0v) is 15.1. The molecule has 0 aliphatic rings. The van der Waals surface area contributed by atoms with Gasteiger partial charge in [0, 0.05) is 9.90 Å². The van der Waals surface area contributed by atoms with Gasteiger partial charge in [0.1, 0.15) is 10.7 Å². The minimum atomic E-state index is -1.06. The third kappa shape index (κ3) is 4.33. The SMILES string of the molecule is CCc1cc(C(=O)O[C@H](C)C(=O)Nc2ccc(Cl)cc2F)sc1C. The van der Waals surface area contributed by atoms with Crippen LogP contribution in [0.3, 0.4) is 0 Å². The molecule has 0 radical (unpaired) electrons. The summed E-state index contributed by atoms with van der Waals surface area (Å²) in [5.74, 6) is -1.84. The lowest BCUT2D eigenvalue weighted by molar-refractivity contribution is -0.123. The predicted molar refractivity (Wildman–Crippen MR) is 93.4 cm³/mol. The maximum Gasteiger partial charge on any atom is 0.349 e. The van der Waals surface area contributed by atoms with E-state index in [4.69, 9.17) is 16.3 Å². The van der Waals surface area contributed by atoms with E-state index < -0.39 is 23.8 Å². The van der Waals surface area contributed by atoms with Crippen LogP contribution in [0.1, 0.15) is 34.0 Å². The number of nitrogens with one attached hydrogen (secondary N) is 1. The molecule has 1 N–H and O–H groups in total. The Hall–Kier alpha value is -1.92. The fourth-order valence-corrected chi connectivity index (χ4v) is 3.22. The van der Waals surface area contributed by atoms with Gasteiger partial charge in [-0.25, -0.2) is 9.18 Å². The Bertz CT molecular complexity index is 775. The van der Waals surface area contributed by atoms with Crippen LogP contribution >= 0.6 is 22.9 Å². The van der Waals surface area contributed by atoms with Gasteiger partial charge in [-0.3, -0.25) is 4.79 Å². The molecule has 0 aliphatic heterocycles. The molecule has 0 unspecified atom stereocenters. The number of esters is 1. The first-order chi connectivity index (χ1) is 11.3. The van der Waals surface area contributed by atoms with Crippen molar-refractivity contribution < 1.29 is 18.7 Å². The average Bonchev–Trinajstić information content (AvgIpc) is 2.91. The predicted octanol–water partition coefficient (Wildman–Crippen LogP) is 4.60. The number of amides is 1. The van der Waals surface area contributed by atoms with Crippen molar-refractivity contribution in [3.8, 4) is 0 Å². The lowest BCUT2D eigenvalue weighted by Crippen LogP contribution is -2.30. The number of rotatable bonds is 5. The largest absolute Gasteiger partial charge is 0.448 e. The molecule has 0 saturated carbocycles. The van der Waals surface area contributed by atoms with E-state index >= 15 is 0 Å².